The average Bonchev–Trinajstić information content (AvgIpc) is 2.64. The first kappa shape index (κ1) is 16.9. The quantitative estimate of drug-likeness (QED) is 0.665. The Kier molecular flexibility index (Phi) is 4.34. The molecule has 0 spiro atoms. The highest BCUT2D eigenvalue weighted by atomic mass is 19.2. The van der Waals surface area contributed by atoms with Crippen LogP contribution in [0.2, 0.25) is 0 Å². The SMILES string of the molecule is CC1(C)OB(C(=Cc2ccc(N)c(F)c2F)CO)OC1(C)C. The second-order valence-corrected chi connectivity index (χ2v) is 6.34. The third-order valence-electron chi connectivity index (χ3n) is 4.22. The van der Waals surface area contributed by atoms with E-state index in [1.54, 1.807) is 0 Å². The van der Waals surface area contributed by atoms with Crippen LogP contribution >= 0.6 is 0 Å². The molecule has 22 heavy (non-hydrogen) atoms. The summed E-state index contributed by atoms with van der Waals surface area (Å²) < 4.78 is 39.0. The molecule has 1 heterocycles. The summed E-state index contributed by atoms with van der Waals surface area (Å²) >= 11 is 0. The second kappa shape index (κ2) is 5.64. The summed E-state index contributed by atoms with van der Waals surface area (Å²) in [5.41, 5.74) is 4.16. The molecule has 7 heteroatoms. The van der Waals surface area contributed by atoms with Crippen LogP contribution in [0.4, 0.5) is 14.5 Å². The van der Waals surface area contributed by atoms with Gasteiger partial charge in [-0.15, -0.1) is 0 Å². The molecule has 0 atom stereocenters. The Bertz CT molecular complexity index is 601. The molecular weight excluding hydrogens is 291 g/mol. The van der Waals surface area contributed by atoms with Crippen molar-refractivity contribution in [3.8, 4) is 0 Å². The van der Waals surface area contributed by atoms with Crippen LogP contribution in [-0.2, 0) is 9.31 Å². The van der Waals surface area contributed by atoms with Gasteiger partial charge in [0.25, 0.3) is 0 Å². The average molecular weight is 311 g/mol. The lowest BCUT2D eigenvalue weighted by Gasteiger charge is -2.32. The van der Waals surface area contributed by atoms with Crippen molar-refractivity contribution in [1.29, 1.82) is 0 Å². The molecule has 3 N–H and O–H groups in total. The molecule has 1 aliphatic heterocycles. The van der Waals surface area contributed by atoms with Gasteiger partial charge < -0.3 is 20.1 Å². The van der Waals surface area contributed by atoms with Gasteiger partial charge in [0.05, 0.1) is 23.5 Å². The molecule has 0 aliphatic carbocycles. The molecule has 1 aliphatic rings. The number of nitrogens with two attached hydrogens (primary N) is 1. The highest BCUT2D eigenvalue weighted by Gasteiger charge is 2.52. The van der Waals surface area contributed by atoms with Crippen molar-refractivity contribution in [2.75, 3.05) is 12.3 Å². The Balaban J connectivity index is 2.36. The molecule has 4 nitrogen and oxygen atoms in total. The minimum Gasteiger partial charge on any atom is -0.400 e. The predicted octanol–water partition coefficient (Wildman–Crippen LogP) is 2.55. The lowest BCUT2D eigenvalue weighted by atomic mass is 9.77. The maximum Gasteiger partial charge on any atom is 0.492 e. The van der Waals surface area contributed by atoms with E-state index in [9.17, 15) is 13.9 Å². The first-order valence-electron chi connectivity index (χ1n) is 6.99. The van der Waals surface area contributed by atoms with E-state index in [-0.39, 0.29) is 11.3 Å². The summed E-state index contributed by atoms with van der Waals surface area (Å²) in [6.07, 6.45) is 1.32. The molecule has 1 saturated heterocycles. The molecule has 0 unspecified atom stereocenters. The number of nitrogen functional groups attached to an aromatic ring is 1. The summed E-state index contributed by atoms with van der Waals surface area (Å²) in [4.78, 5) is 0. The number of benzene rings is 1. The van der Waals surface area contributed by atoms with E-state index in [1.165, 1.54) is 18.2 Å². The number of anilines is 1. The van der Waals surface area contributed by atoms with Gasteiger partial charge in [-0.2, -0.15) is 0 Å². The van der Waals surface area contributed by atoms with Crippen LogP contribution in [0.3, 0.4) is 0 Å². The number of hydrogen-bond donors (Lipinski definition) is 2. The number of hydrogen-bond acceptors (Lipinski definition) is 4. The van der Waals surface area contributed by atoms with Gasteiger partial charge in [-0.3, -0.25) is 0 Å². The van der Waals surface area contributed by atoms with Crippen molar-refractivity contribution in [3.05, 3.63) is 34.8 Å². The third kappa shape index (κ3) is 2.88. The standard InChI is InChI=1S/C15H20BF2NO3/c1-14(2)15(3,4)22-16(21-14)10(8-20)7-9-5-6-11(19)13(18)12(9)17/h5-7,20H,8,19H2,1-4H3. The predicted molar refractivity (Wildman–Crippen MR) is 81.9 cm³/mol. The summed E-state index contributed by atoms with van der Waals surface area (Å²) in [5, 5.41) is 9.53. The van der Waals surface area contributed by atoms with Crippen molar-refractivity contribution in [1.82, 2.24) is 0 Å². The number of aliphatic hydroxyl groups is 1. The molecule has 0 radical (unpaired) electrons. The molecule has 0 aromatic heterocycles. The molecule has 1 aromatic carbocycles. The Labute approximate surface area is 129 Å². The molecule has 0 amide bonds. The molecular formula is C15H20BF2NO3. The smallest absolute Gasteiger partial charge is 0.400 e. The number of halogens is 2. The first-order chi connectivity index (χ1) is 10.1. The van der Waals surface area contributed by atoms with E-state index in [4.69, 9.17) is 15.0 Å². The topological polar surface area (TPSA) is 64.7 Å². The van der Waals surface area contributed by atoms with Gasteiger partial charge in [0.1, 0.15) is 0 Å². The van der Waals surface area contributed by atoms with Crippen molar-refractivity contribution in [2.24, 2.45) is 0 Å². The van der Waals surface area contributed by atoms with Crippen molar-refractivity contribution >= 4 is 18.9 Å². The van der Waals surface area contributed by atoms with Gasteiger partial charge >= 0.3 is 7.12 Å². The Morgan fingerprint density at radius 2 is 1.73 bits per heavy atom. The van der Waals surface area contributed by atoms with Crippen LogP contribution in [0.1, 0.15) is 33.3 Å². The molecule has 1 aromatic rings. The Hall–Kier alpha value is -1.44. The molecule has 2 rings (SSSR count). The highest BCUT2D eigenvalue weighted by Crippen LogP contribution is 2.38. The molecule has 0 bridgehead atoms. The maximum atomic E-state index is 13.9. The van der Waals surface area contributed by atoms with E-state index in [0.29, 0.717) is 5.47 Å². The van der Waals surface area contributed by atoms with Crippen LogP contribution in [-0.4, -0.2) is 30.0 Å². The van der Waals surface area contributed by atoms with Crippen LogP contribution < -0.4 is 5.73 Å². The van der Waals surface area contributed by atoms with Crippen molar-refractivity contribution < 1.29 is 23.2 Å². The molecule has 120 valence electrons. The normalized spacial score (nSPS) is 20.5. The van der Waals surface area contributed by atoms with Gasteiger partial charge in [0.2, 0.25) is 0 Å². The first-order valence-corrected chi connectivity index (χ1v) is 6.99. The number of aliphatic hydroxyl groups excluding tert-OH is 1. The van der Waals surface area contributed by atoms with Crippen LogP contribution in [0.5, 0.6) is 0 Å². The zero-order chi connectivity index (χ0) is 16.7. The van der Waals surface area contributed by atoms with Crippen LogP contribution in [0, 0.1) is 11.6 Å². The summed E-state index contributed by atoms with van der Waals surface area (Å²) in [6, 6.07) is 2.61. The Morgan fingerprint density at radius 1 is 1.18 bits per heavy atom. The summed E-state index contributed by atoms with van der Waals surface area (Å²) in [6.45, 7) is 7.07. The lowest BCUT2D eigenvalue weighted by molar-refractivity contribution is 0.00578. The highest BCUT2D eigenvalue weighted by molar-refractivity contribution is 6.55. The number of rotatable bonds is 3. The fourth-order valence-corrected chi connectivity index (χ4v) is 2.07. The van der Waals surface area contributed by atoms with Gasteiger partial charge in [0.15, 0.2) is 11.6 Å². The van der Waals surface area contributed by atoms with Crippen LogP contribution in [0.15, 0.2) is 17.6 Å². The summed E-state index contributed by atoms with van der Waals surface area (Å²) in [5.74, 6) is -2.18. The third-order valence-corrected chi connectivity index (χ3v) is 4.22. The monoisotopic (exact) mass is 311 g/mol. The van der Waals surface area contributed by atoms with E-state index >= 15 is 0 Å². The zero-order valence-corrected chi connectivity index (χ0v) is 13.1. The minimum atomic E-state index is -1.11. The lowest BCUT2D eigenvalue weighted by Crippen LogP contribution is -2.41. The van der Waals surface area contributed by atoms with E-state index in [1.807, 2.05) is 27.7 Å². The van der Waals surface area contributed by atoms with E-state index in [2.05, 4.69) is 0 Å². The van der Waals surface area contributed by atoms with Crippen molar-refractivity contribution in [2.45, 2.75) is 38.9 Å². The molecule has 1 fully saturated rings. The maximum absolute atomic E-state index is 13.9. The van der Waals surface area contributed by atoms with Gasteiger partial charge in [0, 0.05) is 5.56 Å². The van der Waals surface area contributed by atoms with E-state index < -0.39 is 36.6 Å². The minimum absolute atomic E-state index is 0.0227. The fraction of sp³-hybridized carbons (Fsp3) is 0.467. The van der Waals surface area contributed by atoms with Gasteiger partial charge in [-0.1, -0.05) is 6.08 Å². The Morgan fingerprint density at radius 3 is 2.23 bits per heavy atom. The van der Waals surface area contributed by atoms with Gasteiger partial charge in [-0.25, -0.2) is 8.78 Å². The fourth-order valence-electron chi connectivity index (χ4n) is 2.07. The zero-order valence-electron chi connectivity index (χ0n) is 13.1. The van der Waals surface area contributed by atoms with Crippen LogP contribution in [0.25, 0.3) is 6.08 Å². The summed E-state index contributed by atoms with van der Waals surface area (Å²) in [7, 11) is -0.824. The second-order valence-electron chi connectivity index (χ2n) is 6.34. The van der Waals surface area contributed by atoms with Crippen molar-refractivity contribution in [3.63, 3.8) is 0 Å². The molecule has 0 saturated carbocycles. The van der Waals surface area contributed by atoms with E-state index in [0.717, 1.165) is 0 Å². The largest absolute Gasteiger partial charge is 0.492 e. The van der Waals surface area contributed by atoms with Gasteiger partial charge in [-0.05, 0) is 45.3 Å².